The monoisotopic (exact) mass is 391 g/mol. The lowest BCUT2D eigenvalue weighted by atomic mass is 10.0. The van der Waals surface area contributed by atoms with Gasteiger partial charge in [0.15, 0.2) is 0 Å². The van der Waals surface area contributed by atoms with Crippen molar-refractivity contribution in [2.24, 2.45) is 0 Å². The van der Waals surface area contributed by atoms with E-state index < -0.39 is 0 Å². The normalized spacial score (nSPS) is 17.2. The number of ether oxygens (including phenoxy) is 1. The van der Waals surface area contributed by atoms with Crippen molar-refractivity contribution in [1.82, 2.24) is 14.5 Å². The number of H-pyrrole nitrogens is 1. The number of likely N-dealkylation sites (tertiary alicyclic amines) is 1. The van der Waals surface area contributed by atoms with E-state index in [1.54, 1.807) is 17.7 Å². The molecule has 1 aliphatic heterocycles. The summed E-state index contributed by atoms with van der Waals surface area (Å²) in [7, 11) is 0. The molecule has 6 nitrogen and oxygen atoms in total. The van der Waals surface area contributed by atoms with Gasteiger partial charge in [-0.25, -0.2) is 4.79 Å². The molecule has 0 unspecified atom stereocenters. The molecule has 6 heteroatoms. The molecule has 2 aromatic carbocycles. The molecular weight excluding hydrogens is 366 g/mol. The first-order chi connectivity index (χ1) is 14.1. The second kappa shape index (κ2) is 8.49. The van der Waals surface area contributed by atoms with Crippen LogP contribution in [0.2, 0.25) is 0 Å². The Morgan fingerprint density at radius 3 is 2.52 bits per heavy atom. The van der Waals surface area contributed by atoms with Gasteiger partial charge in [-0.05, 0) is 56.1 Å². The highest BCUT2D eigenvalue weighted by Gasteiger charge is 2.22. The van der Waals surface area contributed by atoms with Crippen molar-refractivity contribution in [3.05, 3.63) is 92.8 Å². The van der Waals surface area contributed by atoms with Crippen LogP contribution >= 0.6 is 0 Å². The molecule has 1 aromatic heterocycles. The molecule has 0 radical (unpaired) electrons. The van der Waals surface area contributed by atoms with Crippen LogP contribution in [-0.4, -0.2) is 27.5 Å². The van der Waals surface area contributed by atoms with E-state index in [0.717, 1.165) is 44.0 Å². The number of para-hydroxylation sites is 1. The second-order valence-corrected chi connectivity index (χ2v) is 7.57. The molecule has 2 heterocycles. The van der Waals surface area contributed by atoms with E-state index in [1.807, 2.05) is 42.5 Å². The van der Waals surface area contributed by atoms with Crippen LogP contribution in [0.25, 0.3) is 0 Å². The number of hydrogen-bond donors (Lipinski definition) is 1. The van der Waals surface area contributed by atoms with E-state index in [-0.39, 0.29) is 17.3 Å². The van der Waals surface area contributed by atoms with Crippen molar-refractivity contribution < 1.29 is 4.74 Å². The number of aryl methyl sites for hydroxylation is 1. The topological polar surface area (TPSA) is 67.3 Å². The van der Waals surface area contributed by atoms with Crippen LogP contribution < -0.4 is 16.0 Å². The number of rotatable bonds is 5. The summed E-state index contributed by atoms with van der Waals surface area (Å²) in [6.45, 7) is 4.33. The minimum Gasteiger partial charge on any atom is -0.457 e. The number of benzene rings is 2. The summed E-state index contributed by atoms with van der Waals surface area (Å²) in [6, 6.07) is 17.9. The highest BCUT2D eigenvalue weighted by molar-refractivity contribution is 5.33. The minimum absolute atomic E-state index is 0.0764. The van der Waals surface area contributed by atoms with Crippen molar-refractivity contribution in [2.45, 2.75) is 32.4 Å². The van der Waals surface area contributed by atoms with Crippen molar-refractivity contribution in [2.75, 3.05) is 13.1 Å². The quantitative estimate of drug-likeness (QED) is 0.723. The molecule has 0 spiro atoms. The summed E-state index contributed by atoms with van der Waals surface area (Å²) in [6.07, 6.45) is 3.64. The molecule has 1 aliphatic rings. The van der Waals surface area contributed by atoms with Crippen LogP contribution in [0.1, 0.15) is 30.0 Å². The maximum Gasteiger partial charge on any atom is 0.328 e. The van der Waals surface area contributed by atoms with E-state index in [9.17, 15) is 9.59 Å². The zero-order valence-electron chi connectivity index (χ0n) is 16.5. The van der Waals surface area contributed by atoms with Gasteiger partial charge < -0.3 is 4.74 Å². The van der Waals surface area contributed by atoms with Gasteiger partial charge in [0.2, 0.25) is 0 Å². The van der Waals surface area contributed by atoms with Gasteiger partial charge in [0.1, 0.15) is 11.5 Å². The molecule has 1 saturated heterocycles. The Labute approximate surface area is 169 Å². The van der Waals surface area contributed by atoms with E-state index in [1.165, 1.54) is 5.56 Å². The molecule has 0 amide bonds. The first kappa shape index (κ1) is 19.2. The molecule has 3 aromatic rings. The van der Waals surface area contributed by atoms with Crippen molar-refractivity contribution in [3.63, 3.8) is 0 Å². The molecule has 1 atom stereocenters. The predicted molar refractivity (Wildman–Crippen MR) is 113 cm³/mol. The van der Waals surface area contributed by atoms with Gasteiger partial charge in [-0.3, -0.25) is 19.2 Å². The van der Waals surface area contributed by atoms with Crippen molar-refractivity contribution in [3.8, 4) is 11.5 Å². The smallest absolute Gasteiger partial charge is 0.328 e. The van der Waals surface area contributed by atoms with E-state index in [2.05, 4.69) is 22.0 Å². The minimum atomic E-state index is -0.324. The Morgan fingerprint density at radius 2 is 1.76 bits per heavy atom. The Morgan fingerprint density at radius 1 is 1.03 bits per heavy atom. The summed E-state index contributed by atoms with van der Waals surface area (Å²) in [4.78, 5) is 28.6. The Balaban J connectivity index is 1.41. The fraction of sp³-hybridized carbons (Fsp3) is 0.304. The fourth-order valence-corrected chi connectivity index (χ4v) is 3.80. The largest absolute Gasteiger partial charge is 0.457 e. The predicted octanol–water partition coefficient (Wildman–Crippen LogP) is 3.47. The average Bonchev–Trinajstić information content (AvgIpc) is 2.73. The van der Waals surface area contributed by atoms with Gasteiger partial charge in [-0.2, -0.15) is 0 Å². The average molecular weight is 391 g/mol. The number of hydrogen-bond acceptors (Lipinski definition) is 4. The van der Waals surface area contributed by atoms with Crippen LogP contribution in [0, 0.1) is 6.92 Å². The first-order valence-electron chi connectivity index (χ1n) is 9.95. The molecule has 0 aliphatic carbocycles. The van der Waals surface area contributed by atoms with Crippen LogP contribution in [0.15, 0.2) is 70.4 Å². The van der Waals surface area contributed by atoms with Gasteiger partial charge >= 0.3 is 5.69 Å². The number of piperidine rings is 1. The van der Waals surface area contributed by atoms with E-state index >= 15 is 0 Å². The van der Waals surface area contributed by atoms with Crippen molar-refractivity contribution in [1.29, 1.82) is 0 Å². The third kappa shape index (κ3) is 4.66. The molecule has 1 N–H and O–H groups in total. The lowest BCUT2D eigenvalue weighted by Gasteiger charge is -2.33. The lowest BCUT2D eigenvalue weighted by molar-refractivity contribution is 0.167. The van der Waals surface area contributed by atoms with Crippen LogP contribution in [0.4, 0.5) is 0 Å². The maximum atomic E-state index is 12.2. The van der Waals surface area contributed by atoms with Gasteiger partial charge in [0.25, 0.3) is 5.56 Å². The highest BCUT2D eigenvalue weighted by atomic mass is 16.5. The molecule has 0 saturated carbocycles. The SMILES string of the molecule is Cc1cn([C@@H]2CCCN(Cc3ccc(Oc4ccccc4)cc3)C2)c(=O)[nH]c1=O. The molecule has 29 heavy (non-hydrogen) atoms. The fourth-order valence-electron chi connectivity index (χ4n) is 3.80. The Hall–Kier alpha value is -3.12. The summed E-state index contributed by atoms with van der Waals surface area (Å²) < 4.78 is 7.53. The van der Waals surface area contributed by atoms with Crippen LogP contribution in [-0.2, 0) is 6.54 Å². The number of aromatic nitrogens is 2. The molecule has 1 fully saturated rings. The summed E-state index contributed by atoms with van der Waals surface area (Å²) >= 11 is 0. The standard InChI is InChI=1S/C23H25N3O3/c1-17-14-26(23(28)24-22(17)27)19-6-5-13-25(16-19)15-18-9-11-21(12-10-18)29-20-7-3-2-4-8-20/h2-4,7-12,14,19H,5-6,13,15-16H2,1H3,(H,24,27,28)/t19-/m1/s1. The van der Waals surface area contributed by atoms with E-state index in [4.69, 9.17) is 4.74 Å². The summed E-state index contributed by atoms with van der Waals surface area (Å²) in [5.41, 5.74) is 1.14. The summed E-state index contributed by atoms with van der Waals surface area (Å²) in [5, 5.41) is 0. The Bertz CT molecular complexity index is 1070. The van der Waals surface area contributed by atoms with Crippen molar-refractivity contribution >= 4 is 0 Å². The maximum absolute atomic E-state index is 12.2. The number of nitrogens with one attached hydrogen (secondary N) is 1. The molecule has 0 bridgehead atoms. The first-order valence-corrected chi connectivity index (χ1v) is 9.95. The second-order valence-electron chi connectivity index (χ2n) is 7.57. The molecular formula is C23H25N3O3. The highest BCUT2D eigenvalue weighted by Crippen LogP contribution is 2.24. The van der Waals surface area contributed by atoms with Gasteiger partial charge in [0.05, 0.1) is 6.04 Å². The Kier molecular flexibility index (Phi) is 5.62. The lowest BCUT2D eigenvalue weighted by Crippen LogP contribution is -2.41. The zero-order chi connectivity index (χ0) is 20.2. The van der Waals surface area contributed by atoms with E-state index in [0.29, 0.717) is 5.56 Å². The van der Waals surface area contributed by atoms with Crippen LogP contribution in [0.5, 0.6) is 11.5 Å². The van der Waals surface area contributed by atoms with Gasteiger partial charge in [-0.15, -0.1) is 0 Å². The van der Waals surface area contributed by atoms with Gasteiger partial charge in [-0.1, -0.05) is 30.3 Å². The molecule has 4 rings (SSSR count). The number of aromatic amines is 1. The summed E-state index contributed by atoms with van der Waals surface area (Å²) in [5.74, 6) is 1.63. The third-order valence-corrected chi connectivity index (χ3v) is 5.33. The van der Waals surface area contributed by atoms with Gasteiger partial charge in [0, 0.05) is 24.8 Å². The zero-order valence-corrected chi connectivity index (χ0v) is 16.5. The van der Waals surface area contributed by atoms with Crippen LogP contribution in [0.3, 0.4) is 0 Å². The number of nitrogens with zero attached hydrogens (tertiary/aromatic N) is 2. The molecule has 150 valence electrons. The third-order valence-electron chi connectivity index (χ3n) is 5.33.